The second kappa shape index (κ2) is 2.84. The van der Waals surface area contributed by atoms with E-state index in [0.717, 1.165) is 0 Å². The Kier molecular flexibility index (Phi) is 2.03. The van der Waals surface area contributed by atoms with E-state index in [4.69, 9.17) is 9.84 Å². The molecule has 66 valence electrons. The Morgan fingerprint density at radius 3 is 2.50 bits per heavy atom. The van der Waals surface area contributed by atoms with E-state index >= 15 is 0 Å². The Bertz CT molecular complexity index is 317. The molecule has 5 heteroatoms. The van der Waals surface area contributed by atoms with E-state index < -0.39 is 5.97 Å². The van der Waals surface area contributed by atoms with Gasteiger partial charge in [0.2, 0.25) is 5.88 Å². The lowest BCUT2D eigenvalue weighted by molar-refractivity contribution is 0.0689. The number of aryl methyl sites for hydroxylation is 1. The van der Waals surface area contributed by atoms with Gasteiger partial charge in [-0.25, -0.2) is 9.48 Å². The van der Waals surface area contributed by atoms with Gasteiger partial charge in [0, 0.05) is 12.6 Å². The minimum atomic E-state index is -1.04. The van der Waals surface area contributed by atoms with E-state index in [0.29, 0.717) is 11.4 Å². The van der Waals surface area contributed by atoms with Gasteiger partial charge < -0.3 is 9.84 Å². The van der Waals surface area contributed by atoms with E-state index in [2.05, 4.69) is 5.10 Å². The molecular weight excluding hydrogens is 160 g/mol. The SMILES string of the molecule is COc1c(C)c(C(=O)O)nn1C. The average molecular weight is 170 g/mol. The van der Waals surface area contributed by atoms with Crippen molar-refractivity contribution in [2.75, 3.05) is 7.11 Å². The first-order valence-corrected chi connectivity index (χ1v) is 3.38. The molecule has 1 rings (SSSR count). The molecule has 0 aliphatic rings. The molecule has 0 spiro atoms. The molecule has 0 unspecified atom stereocenters. The lowest BCUT2D eigenvalue weighted by Gasteiger charge is -1.98. The maximum Gasteiger partial charge on any atom is 0.356 e. The van der Waals surface area contributed by atoms with Crippen LogP contribution in [0.15, 0.2) is 0 Å². The van der Waals surface area contributed by atoms with E-state index in [1.807, 2.05) is 0 Å². The van der Waals surface area contributed by atoms with Crippen LogP contribution < -0.4 is 4.74 Å². The van der Waals surface area contributed by atoms with Crippen molar-refractivity contribution in [3.63, 3.8) is 0 Å². The molecule has 1 aromatic rings. The lowest BCUT2D eigenvalue weighted by atomic mass is 10.3. The summed E-state index contributed by atoms with van der Waals surface area (Å²) in [5, 5.41) is 12.4. The summed E-state index contributed by atoms with van der Waals surface area (Å²) in [6.07, 6.45) is 0. The molecule has 1 N–H and O–H groups in total. The second-order valence-electron chi connectivity index (χ2n) is 2.41. The van der Waals surface area contributed by atoms with Crippen molar-refractivity contribution in [3.05, 3.63) is 11.3 Å². The molecule has 0 fully saturated rings. The summed E-state index contributed by atoms with van der Waals surface area (Å²) in [6.45, 7) is 1.66. The monoisotopic (exact) mass is 170 g/mol. The van der Waals surface area contributed by atoms with Gasteiger partial charge in [0.25, 0.3) is 0 Å². The van der Waals surface area contributed by atoms with Crippen LogP contribution in [-0.4, -0.2) is 28.0 Å². The van der Waals surface area contributed by atoms with Crippen molar-refractivity contribution in [3.8, 4) is 5.88 Å². The highest BCUT2D eigenvalue weighted by Gasteiger charge is 2.17. The zero-order valence-electron chi connectivity index (χ0n) is 7.16. The number of aromatic nitrogens is 2. The second-order valence-corrected chi connectivity index (χ2v) is 2.41. The van der Waals surface area contributed by atoms with Crippen LogP contribution in [0.5, 0.6) is 5.88 Å². The summed E-state index contributed by atoms with van der Waals surface area (Å²) >= 11 is 0. The molecule has 0 saturated heterocycles. The first-order chi connectivity index (χ1) is 5.57. The first-order valence-electron chi connectivity index (χ1n) is 3.38. The van der Waals surface area contributed by atoms with Crippen LogP contribution in [0.3, 0.4) is 0 Å². The fourth-order valence-electron chi connectivity index (χ4n) is 1.10. The number of carboxylic acid groups (broad SMARTS) is 1. The Hall–Kier alpha value is -1.52. The third-order valence-corrected chi connectivity index (χ3v) is 1.62. The first kappa shape index (κ1) is 8.58. The van der Waals surface area contributed by atoms with Gasteiger partial charge in [-0.05, 0) is 6.92 Å². The molecule has 0 aromatic carbocycles. The number of nitrogens with zero attached hydrogens (tertiary/aromatic N) is 2. The van der Waals surface area contributed by atoms with Crippen molar-refractivity contribution >= 4 is 5.97 Å². The maximum atomic E-state index is 10.6. The summed E-state index contributed by atoms with van der Waals surface area (Å²) < 4.78 is 6.35. The fourth-order valence-corrected chi connectivity index (χ4v) is 1.10. The normalized spacial score (nSPS) is 9.92. The standard InChI is InChI=1S/C7H10N2O3/c1-4-5(7(10)11)8-9(2)6(4)12-3/h1-3H3,(H,10,11). The highest BCUT2D eigenvalue weighted by Crippen LogP contribution is 2.19. The van der Waals surface area contributed by atoms with Crippen LogP contribution in [-0.2, 0) is 7.05 Å². The number of aromatic carboxylic acids is 1. The molecule has 1 heterocycles. The molecular formula is C7H10N2O3. The Labute approximate surface area is 69.6 Å². The molecule has 12 heavy (non-hydrogen) atoms. The zero-order chi connectivity index (χ0) is 9.30. The molecule has 0 radical (unpaired) electrons. The van der Waals surface area contributed by atoms with Crippen molar-refractivity contribution in [2.24, 2.45) is 7.05 Å². The van der Waals surface area contributed by atoms with E-state index in [9.17, 15) is 4.79 Å². The lowest BCUT2D eigenvalue weighted by Crippen LogP contribution is -2.00. The predicted octanol–water partition coefficient (Wildman–Crippen LogP) is 0.435. The summed E-state index contributed by atoms with van der Waals surface area (Å²) in [4.78, 5) is 10.6. The zero-order valence-corrected chi connectivity index (χ0v) is 7.16. The summed E-state index contributed by atoms with van der Waals surface area (Å²) in [7, 11) is 3.12. The minimum absolute atomic E-state index is 0.0364. The molecule has 0 aliphatic carbocycles. The Balaban J connectivity index is 3.26. The molecule has 0 aliphatic heterocycles. The van der Waals surface area contributed by atoms with Crippen LogP contribution >= 0.6 is 0 Å². The summed E-state index contributed by atoms with van der Waals surface area (Å²) in [6, 6.07) is 0. The number of carbonyl (C=O) groups is 1. The van der Waals surface area contributed by atoms with Gasteiger partial charge in [-0.3, -0.25) is 0 Å². The van der Waals surface area contributed by atoms with Crippen LogP contribution in [0, 0.1) is 6.92 Å². The van der Waals surface area contributed by atoms with Gasteiger partial charge in [-0.1, -0.05) is 0 Å². The molecule has 0 bridgehead atoms. The summed E-state index contributed by atoms with van der Waals surface area (Å²) in [5.74, 6) is -0.557. The summed E-state index contributed by atoms with van der Waals surface area (Å²) in [5.41, 5.74) is 0.585. The maximum absolute atomic E-state index is 10.6. The highest BCUT2D eigenvalue weighted by molar-refractivity contribution is 5.87. The fraction of sp³-hybridized carbons (Fsp3) is 0.429. The topological polar surface area (TPSA) is 64.3 Å². The van der Waals surface area contributed by atoms with Crippen molar-refractivity contribution in [1.29, 1.82) is 0 Å². The van der Waals surface area contributed by atoms with Crippen molar-refractivity contribution in [2.45, 2.75) is 6.92 Å². The number of ether oxygens (including phenoxy) is 1. The van der Waals surface area contributed by atoms with Gasteiger partial charge >= 0.3 is 5.97 Å². The van der Waals surface area contributed by atoms with Gasteiger partial charge in [0.1, 0.15) is 0 Å². The van der Waals surface area contributed by atoms with Gasteiger partial charge in [-0.15, -0.1) is 0 Å². The van der Waals surface area contributed by atoms with Gasteiger partial charge in [0.15, 0.2) is 5.69 Å². The van der Waals surface area contributed by atoms with Gasteiger partial charge in [-0.2, -0.15) is 5.10 Å². The van der Waals surface area contributed by atoms with Crippen LogP contribution in [0.25, 0.3) is 0 Å². The Morgan fingerprint density at radius 2 is 2.25 bits per heavy atom. The van der Waals surface area contributed by atoms with Gasteiger partial charge in [0.05, 0.1) is 7.11 Å². The largest absolute Gasteiger partial charge is 0.481 e. The van der Waals surface area contributed by atoms with Crippen LogP contribution in [0.4, 0.5) is 0 Å². The smallest absolute Gasteiger partial charge is 0.356 e. The number of hydrogen-bond acceptors (Lipinski definition) is 3. The van der Waals surface area contributed by atoms with Crippen molar-refractivity contribution in [1.82, 2.24) is 9.78 Å². The molecule has 0 amide bonds. The number of carboxylic acids is 1. The quantitative estimate of drug-likeness (QED) is 0.699. The third kappa shape index (κ3) is 1.13. The molecule has 1 aromatic heterocycles. The van der Waals surface area contributed by atoms with Crippen LogP contribution in [0.1, 0.15) is 16.1 Å². The average Bonchev–Trinajstić information content (AvgIpc) is 2.27. The number of hydrogen-bond donors (Lipinski definition) is 1. The molecule has 0 atom stereocenters. The predicted molar refractivity (Wildman–Crippen MR) is 41.5 cm³/mol. The number of rotatable bonds is 2. The van der Waals surface area contributed by atoms with Crippen molar-refractivity contribution < 1.29 is 14.6 Å². The number of methoxy groups -OCH3 is 1. The van der Waals surface area contributed by atoms with E-state index in [-0.39, 0.29) is 5.69 Å². The molecule has 5 nitrogen and oxygen atoms in total. The minimum Gasteiger partial charge on any atom is -0.481 e. The third-order valence-electron chi connectivity index (χ3n) is 1.62. The van der Waals surface area contributed by atoms with E-state index in [1.54, 1.807) is 14.0 Å². The Morgan fingerprint density at radius 1 is 1.67 bits per heavy atom. The highest BCUT2D eigenvalue weighted by atomic mass is 16.5. The van der Waals surface area contributed by atoms with Crippen LogP contribution in [0.2, 0.25) is 0 Å². The molecule has 0 saturated carbocycles. The van der Waals surface area contributed by atoms with E-state index in [1.165, 1.54) is 11.8 Å².